The van der Waals surface area contributed by atoms with Crippen LogP contribution in [0.25, 0.3) is 0 Å². The lowest BCUT2D eigenvalue weighted by molar-refractivity contribution is 0.306. The molecule has 0 bridgehead atoms. The van der Waals surface area contributed by atoms with E-state index in [-0.39, 0.29) is 0 Å². The molecule has 0 saturated heterocycles. The summed E-state index contributed by atoms with van der Waals surface area (Å²) >= 11 is 1.27. The minimum Gasteiger partial charge on any atom is -0.374 e. The van der Waals surface area contributed by atoms with Crippen molar-refractivity contribution < 1.29 is 0 Å². The van der Waals surface area contributed by atoms with Crippen LogP contribution >= 0.6 is 11.5 Å². The molecule has 74 valence electrons. The molecular formula is C8H16N4S. The second kappa shape index (κ2) is 5.14. The van der Waals surface area contributed by atoms with Crippen LogP contribution in [0.5, 0.6) is 0 Å². The third-order valence-electron chi connectivity index (χ3n) is 2.03. The number of hydrogen-bond donors (Lipinski definition) is 1. The van der Waals surface area contributed by atoms with Gasteiger partial charge >= 0.3 is 0 Å². The zero-order chi connectivity index (χ0) is 9.68. The van der Waals surface area contributed by atoms with Crippen LogP contribution in [-0.2, 0) is 6.42 Å². The molecule has 0 spiro atoms. The van der Waals surface area contributed by atoms with Crippen molar-refractivity contribution in [2.75, 3.05) is 25.4 Å². The van der Waals surface area contributed by atoms with Gasteiger partial charge in [-0.2, -0.15) is 4.37 Å². The Bertz CT molecular complexity index is 244. The number of rotatable bonds is 5. The number of nitrogens with zero attached hydrogens (tertiary/aromatic N) is 3. The van der Waals surface area contributed by atoms with Crippen LogP contribution in [0.2, 0.25) is 0 Å². The van der Waals surface area contributed by atoms with Gasteiger partial charge in [0.25, 0.3) is 0 Å². The van der Waals surface area contributed by atoms with E-state index in [0.29, 0.717) is 5.13 Å². The largest absolute Gasteiger partial charge is 0.374 e. The zero-order valence-electron chi connectivity index (χ0n) is 8.16. The number of aromatic nitrogens is 2. The molecule has 0 aliphatic rings. The number of nitrogen functional groups attached to an aromatic ring is 1. The molecule has 13 heavy (non-hydrogen) atoms. The van der Waals surface area contributed by atoms with Gasteiger partial charge in [0.15, 0.2) is 5.13 Å². The summed E-state index contributed by atoms with van der Waals surface area (Å²) in [5.74, 6) is 0.870. The number of anilines is 1. The highest BCUT2D eigenvalue weighted by molar-refractivity contribution is 7.09. The number of nitrogens with two attached hydrogens (primary N) is 1. The van der Waals surface area contributed by atoms with Crippen molar-refractivity contribution in [2.45, 2.75) is 20.3 Å². The van der Waals surface area contributed by atoms with Crippen molar-refractivity contribution in [1.82, 2.24) is 14.3 Å². The predicted octanol–water partition coefficient (Wildman–Crippen LogP) is 1.00. The lowest BCUT2D eigenvalue weighted by Crippen LogP contribution is -2.25. The molecule has 2 N–H and O–H groups in total. The van der Waals surface area contributed by atoms with Crippen molar-refractivity contribution in [3.8, 4) is 0 Å². The minimum absolute atomic E-state index is 0.564. The van der Waals surface area contributed by atoms with E-state index in [1.165, 1.54) is 11.5 Å². The maximum Gasteiger partial charge on any atom is 0.199 e. The zero-order valence-corrected chi connectivity index (χ0v) is 8.97. The van der Waals surface area contributed by atoms with Crippen molar-refractivity contribution in [3.05, 3.63) is 5.82 Å². The maximum atomic E-state index is 5.48. The average molecular weight is 200 g/mol. The molecule has 0 radical (unpaired) electrons. The Kier molecular flexibility index (Phi) is 4.11. The fraction of sp³-hybridized carbons (Fsp3) is 0.750. The molecule has 0 unspecified atom stereocenters. The van der Waals surface area contributed by atoms with Gasteiger partial charge in [-0.1, -0.05) is 13.8 Å². The van der Waals surface area contributed by atoms with Crippen molar-refractivity contribution in [2.24, 2.45) is 0 Å². The maximum absolute atomic E-state index is 5.48. The van der Waals surface area contributed by atoms with Gasteiger partial charge in [-0.3, -0.25) is 0 Å². The molecule has 0 amide bonds. The second-order valence-electron chi connectivity index (χ2n) is 2.83. The summed E-state index contributed by atoms with van der Waals surface area (Å²) in [4.78, 5) is 6.45. The molecule has 1 heterocycles. The minimum atomic E-state index is 0.564. The molecule has 4 nitrogen and oxygen atoms in total. The van der Waals surface area contributed by atoms with Gasteiger partial charge < -0.3 is 10.6 Å². The Balaban J connectivity index is 2.33. The summed E-state index contributed by atoms with van der Waals surface area (Å²) in [6.45, 7) is 7.49. The van der Waals surface area contributed by atoms with Crippen LogP contribution in [0.15, 0.2) is 0 Å². The van der Waals surface area contributed by atoms with E-state index in [2.05, 4.69) is 28.1 Å². The summed E-state index contributed by atoms with van der Waals surface area (Å²) < 4.78 is 4.14. The summed E-state index contributed by atoms with van der Waals surface area (Å²) in [6, 6.07) is 0. The molecule has 1 rings (SSSR count). The topological polar surface area (TPSA) is 55.0 Å². The molecule has 0 fully saturated rings. The molecule has 1 aromatic rings. The third-order valence-corrected chi connectivity index (χ3v) is 2.61. The SMILES string of the molecule is CCN(CC)CCc1nsc(N)n1. The van der Waals surface area contributed by atoms with Crippen molar-refractivity contribution in [1.29, 1.82) is 0 Å². The monoisotopic (exact) mass is 200 g/mol. The first-order chi connectivity index (χ1) is 6.26. The van der Waals surface area contributed by atoms with Crippen LogP contribution < -0.4 is 5.73 Å². The standard InChI is InChI=1S/C8H16N4S/c1-3-12(4-2)6-5-7-10-8(9)13-11-7/h3-6H2,1-2H3,(H2,9,10,11). The Hall–Kier alpha value is -0.680. The Morgan fingerprint density at radius 1 is 1.38 bits per heavy atom. The Labute approximate surface area is 82.9 Å². The normalized spacial score (nSPS) is 11.0. The van der Waals surface area contributed by atoms with Gasteiger partial charge in [-0.25, -0.2) is 4.98 Å². The van der Waals surface area contributed by atoms with Crippen LogP contribution in [-0.4, -0.2) is 33.9 Å². The molecule has 0 aliphatic carbocycles. The number of likely N-dealkylation sites (N-methyl/N-ethyl adjacent to an activating group) is 1. The van der Waals surface area contributed by atoms with E-state index in [0.717, 1.165) is 31.9 Å². The first-order valence-corrected chi connectivity index (χ1v) is 5.34. The van der Waals surface area contributed by atoms with E-state index in [1.807, 2.05) is 0 Å². The first-order valence-electron chi connectivity index (χ1n) is 4.56. The summed E-state index contributed by atoms with van der Waals surface area (Å²) in [6.07, 6.45) is 0.898. The van der Waals surface area contributed by atoms with Gasteiger partial charge in [-0.15, -0.1) is 0 Å². The fourth-order valence-electron chi connectivity index (χ4n) is 1.17. The van der Waals surface area contributed by atoms with E-state index in [1.54, 1.807) is 0 Å². The third kappa shape index (κ3) is 3.28. The van der Waals surface area contributed by atoms with Crippen molar-refractivity contribution >= 4 is 16.7 Å². The van der Waals surface area contributed by atoms with Crippen molar-refractivity contribution in [3.63, 3.8) is 0 Å². The summed E-state index contributed by atoms with van der Waals surface area (Å²) in [5, 5.41) is 0.564. The Morgan fingerprint density at radius 3 is 2.54 bits per heavy atom. The number of hydrogen-bond acceptors (Lipinski definition) is 5. The van der Waals surface area contributed by atoms with Gasteiger partial charge in [0.2, 0.25) is 0 Å². The molecular weight excluding hydrogens is 184 g/mol. The second-order valence-corrected chi connectivity index (χ2v) is 3.61. The lowest BCUT2D eigenvalue weighted by atomic mass is 10.3. The fourth-order valence-corrected chi connectivity index (χ4v) is 1.64. The van der Waals surface area contributed by atoms with Crippen LogP contribution in [0.3, 0.4) is 0 Å². The predicted molar refractivity (Wildman–Crippen MR) is 55.8 cm³/mol. The molecule has 5 heteroatoms. The molecule has 0 atom stereocenters. The van der Waals surface area contributed by atoms with Crippen LogP contribution in [0.4, 0.5) is 5.13 Å². The van der Waals surface area contributed by atoms with E-state index < -0.39 is 0 Å². The Morgan fingerprint density at radius 2 is 2.08 bits per heavy atom. The summed E-state index contributed by atoms with van der Waals surface area (Å²) in [5.41, 5.74) is 5.48. The van der Waals surface area contributed by atoms with E-state index in [4.69, 9.17) is 5.73 Å². The highest BCUT2D eigenvalue weighted by Crippen LogP contribution is 2.06. The summed E-state index contributed by atoms with van der Waals surface area (Å²) in [7, 11) is 0. The lowest BCUT2D eigenvalue weighted by Gasteiger charge is -2.16. The molecule has 0 aliphatic heterocycles. The smallest absolute Gasteiger partial charge is 0.199 e. The molecule has 1 aromatic heterocycles. The average Bonchev–Trinajstić information content (AvgIpc) is 2.53. The van der Waals surface area contributed by atoms with Gasteiger partial charge in [0, 0.05) is 24.5 Å². The molecule has 0 aromatic carbocycles. The highest BCUT2D eigenvalue weighted by atomic mass is 32.1. The first kappa shape index (κ1) is 10.4. The quantitative estimate of drug-likeness (QED) is 0.770. The van der Waals surface area contributed by atoms with E-state index >= 15 is 0 Å². The van der Waals surface area contributed by atoms with Crippen LogP contribution in [0, 0.1) is 0 Å². The van der Waals surface area contributed by atoms with E-state index in [9.17, 15) is 0 Å². The van der Waals surface area contributed by atoms with Crippen LogP contribution in [0.1, 0.15) is 19.7 Å². The highest BCUT2D eigenvalue weighted by Gasteiger charge is 2.03. The van der Waals surface area contributed by atoms with Gasteiger partial charge in [-0.05, 0) is 13.1 Å². The molecule has 0 saturated carbocycles. The van der Waals surface area contributed by atoms with Gasteiger partial charge in [0.05, 0.1) is 0 Å². The van der Waals surface area contributed by atoms with Gasteiger partial charge in [0.1, 0.15) is 5.82 Å².